The van der Waals surface area contributed by atoms with E-state index in [-0.39, 0.29) is 0 Å². The molecular weight excluding hydrogens is 312 g/mol. The Labute approximate surface area is 150 Å². The van der Waals surface area contributed by atoms with Crippen molar-refractivity contribution in [2.45, 2.75) is 39.9 Å². The SMILES string of the molecule is C(OCC1CO1)C1CO1.Cc1cccc(C)c1-c1c(C)cccc1C. The third-order valence-corrected chi connectivity index (χ3v) is 4.62. The molecule has 2 saturated heterocycles. The molecule has 2 aromatic carbocycles. The standard InChI is InChI=1S/C16H18.C6H10O3/c1-11-7-5-8-12(2)15(11)16-13(3)9-6-10-14(16)4;1(5-3-8-5)7-2-6-4-9-6/h5-10H,1-4H3;5-6H,1-4H2. The molecule has 0 amide bonds. The number of hydrogen-bond acceptors (Lipinski definition) is 3. The van der Waals surface area contributed by atoms with E-state index in [1.807, 2.05) is 0 Å². The van der Waals surface area contributed by atoms with Crippen molar-refractivity contribution in [1.82, 2.24) is 0 Å². The Kier molecular flexibility index (Phi) is 5.89. The van der Waals surface area contributed by atoms with Gasteiger partial charge in [0.25, 0.3) is 0 Å². The lowest BCUT2D eigenvalue weighted by atomic mass is 9.90. The van der Waals surface area contributed by atoms with Crippen molar-refractivity contribution in [2.24, 2.45) is 0 Å². The highest BCUT2D eigenvalue weighted by Crippen LogP contribution is 2.32. The summed E-state index contributed by atoms with van der Waals surface area (Å²) < 4.78 is 15.1. The fourth-order valence-corrected chi connectivity index (χ4v) is 3.08. The van der Waals surface area contributed by atoms with Crippen LogP contribution in [0.4, 0.5) is 0 Å². The maximum absolute atomic E-state index is 5.23. The van der Waals surface area contributed by atoms with Gasteiger partial charge in [0.15, 0.2) is 0 Å². The number of rotatable bonds is 5. The molecule has 2 heterocycles. The van der Waals surface area contributed by atoms with Crippen molar-refractivity contribution in [1.29, 1.82) is 0 Å². The van der Waals surface area contributed by atoms with Crippen LogP contribution >= 0.6 is 0 Å². The first-order valence-corrected chi connectivity index (χ1v) is 9.00. The number of aryl methyl sites for hydroxylation is 4. The van der Waals surface area contributed by atoms with Gasteiger partial charge >= 0.3 is 0 Å². The Morgan fingerprint density at radius 2 is 1.04 bits per heavy atom. The van der Waals surface area contributed by atoms with Crippen molar-refractivity contribution in [3.8, 4) is 11.1 Å². The van der Waals surface area contributed by atoms with Crippen LogP contribution in [0.2, 0.25) is 0 Å². The van der Waals surface area contributed by atoms with Gasteiger partial charge in [-0.25, -0.2) is 0 Å². The van der Waals surface area contributed by atoms with Gasteiger partial charge in [-0.2, -0.15) is 0 Å². The highest BCUT2D eigenvalue weighted by molar-refractivity contribution is 5.76. The molecule has 2 aliphatic heterocycles. The van der Waals surface area contributed by atoms with Gasteiger partial charge < -0.3 is 14.2 Å². The second kappa shape index (κ2) is 8.13. The van der Waals surface area contributed by atoms with Crippen LogP contribution in [0.1, 0.15) is 22.3 Å². The first-order chi connectivity index (χ1) is 12.1. The topological polar surface area (TPSA) is 34.3 Å². The lowest BCUT2D eigenvalue weighted by Gasteiger charge is -2.15. The summed E-state index contributed by atoms with van der Waals surface area (Å²) in [7, 11) is 0. The first-order valence-electron chi connectivity index (χ1n) is 9.00. The second-order valence-electron chi connectivity index (χ2n) is 6.98. The Hall–Kier alpha value is -1.68. The van der Waals surface area contributed by atoms with Gasteiger partial charge in [0.1, 0.15) is 12.2 Å². The van der Waals surface area contributed by atoms with Gasteiger partial charge in [-0.1, -0.05) is 36.4 Å². The molecular formula is C22H28O3. The first kappa shape index (κ1) is 18.1. The van der Waals surface area contributed by atoms with Gasteiger partial charge in [0.2, 0.25) is 0 Å². The molecule has 134 valence electrons. The van der Waals surface area contributed by atoms with E-state index in [0.717, 1.165) is 26.4 Å². The molecule has 0 radical (unpaired) electrons. The van der Waals surface area contributed by atoms with Crippen LogP contribution in [0.3, 0.4) is 0 Å². The Morgan fingerprint density at radius 1 is 0.720 bits per heavy atom. The van der Waals surface area contributed by atoms with Crippen LogP contribution < -0.4 is 0 Å². The summed E-state index contributed by atoms with van der Waals surface area (Å²) in [4.78, 5) is 0. The van der Waals surface area contributed by atoms with Crippen LogP contribution in [-0.4, -0.2) is 38.6 Å². The molecule has 2 aromatic rings. The molecule has 0 aromatic heterocycles. The summed E-state index contributed by atoms with van der Waals surface area (Å²) in [6.07, 6.45) is 0.785. The van der Waals surface area contributed by atoms with Gasteiger partial charge in [-0.3, -0.25) is 0 Å². The van der Waals surface area contributed by atoms with Crippen LogP contribution in [0.5, 0.6) is 0 Å². The molecule has 0 saturated carbocycles. The average molecular weight is 340 g/mol. The van der Waals surface area contributed by atoms with Crippen molar-refractivity contribution in [2.75, 3.05) is 26.4 Å². The Morgan fingerprint density at radius 3 is 1.32 bits per heavy atom. The van der Waals surface area contributed by atoms with Crippen LogP contribution in [0.25, 0.3) is 11.1 Å². The minimum Gasteiger partial charge on any atom is -0.376 e. The minimum atomic E-state index is 0.392. The van der Waals surface area contributed by atoms with Gasteiger partial charge in [0, 0.05) is 0 Å². The van der Waals surface area contributed by atoms with Crippen LogP contribution in [0.15, 0.2) is 36.4 Å². The molecule has 2 aliphatic rings. The zero-order chi connectivity index (χ0) is 17.8. The zero-order valence-corrected chi connectivity index (χ0v) is 15.7. The van der Waals surface area contributed by atoms with E-state index < -0.39 is 0 Å². The summed E-state index contributed by atoms with van der Waals surface area (Å²) in [6, 6.07) is 13.0. The molecule has 3 heteroatoms. The smallest absolute Gasteiger partial charge is 0.104 e. The number of ether oxygens (including phenoxy) is 3. The summed E-state index contributed by atoms with van der Waals surface area (Å²) in [6.45, 7) is 12.0. The number of epoxide rings is 2. The van der Waals surface area contributed by atoms with Gasteiger partial charge in [-0.05, 0) is 61.1 Å². The molecule has 0 spiro atoms. The highest BCUT2D eigenvalue weighted by atomic mass is 16.6. The van der Waals surface area contributed by atoms with E-state index in [4.69, 9.17) is 14.2 Å². The lowest BCUT2D eigenvalue weighted by Crippen LogP contribution is -2.06. The predicted molar refractivity (Wildman–Crippen MR) is 101 cm³/mol. The Balaban J connectivity index is 0.000000170. The lowest BCUT2D eigenvalue weighted by molar-refractivity contribution is 0.102. The van der Waals surface area contributed by atoms with Crippen molar-refractivity contribution in [3.05, 3.63) is 58.7 Å². The molecule has 2 unspecified atom stereocenters. The molecule has 0 aliphatic carbocycles. The normalized spacial score (nSPS) is 20.6. The third kappa shape index (κ3) is 5.15. The average Bonchev–Trinajstić information content (AvgIpc) is 3.45. The van der Waals surface area contributed by atoms with E-state index in [9.17, 15) is 0 Å². The fourth-order valence-electron chi connectivity index (χ4n) is 3.08. The van der Waals surface area contributed by atoms with E-state index >= 15 is 0 Å². The van der Waals surface area contributed by atoms with Gasteiger partial charge in [-0.15, -0.1) is 0 Å². The summed E-state index contributed by atoms with van der Waals surface area (Å²) in [5, 5.41) is 0. The van der Waals surface area contributed by atoms with Gasteiger partial charge in [0.05, 0.1) is 26.4 Å². The minimum absolute atomic E-state index is 0.392. The molecule has 2 atom stereocenters. The van der Waals surface area contributed by atoms with Crippen molar-refractivity contribution >= 4 is 0 Å². The number of benzene rings is 2. The number of hydrogen-bond donors (Lipinski definition) is 0. The van der Waals surface area contributed by atoms with E-state index in [2.05, 4.69) is 64.1 Å². The maximum Gasteiger partial charge on any atom is 0.104 e. The molecule has 4 rings (SSSR count). The molecule has 0 bridgehead atoms. The van der Waals surface area contributed by atoms with E-state index in [1.165, 1.54) is 33.4 Å². The van der Waals surface area contributed by atoms with E-state index in [0.29, 0.717) is 12.2 Å². The quantitative estimate of drug-likeness (QED) is 0.757. The summed E-state index contributed by atoms with van der Waals surface area (Å²) >= 11 is 0. The van der Waals surface area contributed by atoms with Crippen LogP contribution in [-0.2, 0) is 14.2 Å². The van der Waals surface area contributed by atoms with Crippen molar-refractivity contribution < 1.29 is 14.2 Å². The largest absolute Gasteiger partial charge is 0.376 e. The monoisotopic (exact) mass is 340 g/mol. The molecule has 3 nitrogen and oxygen atoms in total. The molecule has 0 N–H and O–H groups in total. The predicted octanol–water partition coefficient (Wildman–Crippen LogP) is 4.39. The second-order valence-corrected chi connectivity index (χ2v) is 6.98. The van der Waals surface area contributed by atoms with Crippen LogP contribution in [0, 0.1) is 27.7 Å². The molecule has 2 fully saturated rings. The van der Waals surface area contributed by atoms with E-state index in [1.54, 1.807) is 0 Å². The fraction of sp³-hybridized carbons (Fsp3) is 0.455. The Bertz CT molecular complexity index is 613. The highest BCUT2D eigenvalue weighted by Gasteiger charge is 2.26. The van der Waals surface area contributed by atoms with Crippen molar-refractivity contribution in [3.63, 3.8) is 0 Å². The maximum atomic E-state index is 5.23. The third-order valence-electron chi connectivity index (χ3n) is 4.62. The zero-order valence-electron chi connectivity index (χ0n) is 15.7. The molecule has 25 heavy (non-hydrogen) atoms. The summed E-state index contributed by atoms with van der Waals surface area (Å²) in [5.74, 6) is 0. The summed E-state index contributed by atoms with van der Waals surface area (Å²) in [5.41, 5.74) is 8.24.